The number of nitrogens with one attached hydrogen (secondary N) is 2. The van der Waals surface area contributed by atoms with Crippen LogP contribution in [0.25, 0.3) is 5.70 Å². The van der Waals surface area contributed by atoms with Crippen LogP contribution in [0.4, 0.5) is 17.1 Å². The predicted molar refractivity (Wildman–Crippen MR) is 155 cm³/mol. The van der Waals surface area contributed by atoms with E-state index >= 15 is 0 Å². The number of benzene rings is 3. The number of amides is 1. The molecule has 0 radical (unpaired) electrons. The predicted octanol–water partition coefficient (Wildman–Crippen LogP) is 4.67. The summed E-state index contributed by atoms with van der Waals surface area (Å²) in [6, 6.07) is 23.0. The molecular formula is C30H33N5O3. The molecule has 38 heavy (non-hydrogen) atoms. The van der Waals surface area contributed by atoms with Crippen molar-refractivity contribution in [3.63, 3.8) is 0 Å². The van der Waals surface area contributed by atoms with Gasteiger partial charge in [-0.25, -0.2) is 4.99 Å². The summed E-state index contributed by atoms with van der Waals surface area (Å²) in [6.45, 7) is 7.28. The van der Waals surface area contributed by atoms with Gasteiger partial charge >= 0.3 is 0 Å². The van der Waals surface area contributed by atoms with Gasteiger partial charge < -0.3 is 30.7 Å². The topological polar surface area (TPSA) is 101 Å². The van der Waals surface area contributed by atoms with Crippen molar-refractivity contribution in [1.82, 2.24) is 0 Å². The Morgan fingerprint density at radius 1 is 1.05 bits per heavy atom. The first kappa shape index (κ1) is 26.5. The molecule has 0 saturated carbocycles. The van der Waals surface area contributed by atoms with Crippen molar-refractivity contribution in [2.75, 3.05) is 48.9 Å². The number of anilines is 3. The minimum absolute atomic E-state index is 0.108. The van der Waals surface area contributed by atoms with Crippen LogP contribution in [0.1, 0.15) is 11.1 Å². The van der Waals surface area contributed by atoms with Crippen molar-refractivity contribution in [3.05, 3.63) is 102 Å². The van der Waals surface area contributed by atoms with Gasteiger partial charge in [0.25, 0.3) is 0 Å². The highest BCUT2D eigenvalue weighted by Gasteiger charge is 2.10. The lowest BCUT2D eigenvalue weighted by molar-refractivity contribution is -0.115. The largest absolute Gasteiger partial charge is 0.497 e. The third-order valence-electron chi connectivity index (χ3n) is 6.02. The summed E-state index contributed by atoms with van der Waals surface area (Å²) in [5, 5.41) is 6.08. The van der Waals surface area contributed by atoms with Crippen LogP contribution in [0, 0.1) is 0 Å². The second kappa shape index (κ2) is 13.1. The maximum Gasteiger partial charge on any atom is 0.228 e. The molecule has 196 valence electrons. The van der Waals surface area contributed by atoms with E-state index in [1.54, 1.807) is 19.4 Å². The number of allylic oxidation sites excluding steroid dienone is 1. The summed E-state index contributed by atoms with van der Waals surface area (Å²) in [7, 11) is 1.60. The first-order valence-electron chi connectivity index (χ1n) is 12.4. The number of nitrogens with zero attached hydrogens (tertiary/aromatic N) is 2. The summed E-state index contributed by atoms with van der Waals surface area (Å²) >= 11 is 0. The smallest absolute Gasteiger partial charge is 0.228 e. The average molecular weight is 512 g/mol. The summed E-state index contributed by atoms with van der Waals surface area (Å²) in [5.41, 5.74) is 11.2. The summed E-state index contributed by atoms with van der Waals surface area (Å²) in [4.78, 5) is 19.0. The lowest BCUT2D eigenvalue weighted by atomic mass is 10.1. The number of morpholine rings is 1. The zero-order valence-electron chi connectivity index (χ0n) is 21.5. The third kappa shape index (κ3) is 7.72. The molecule has 3 aromatic carbocycles. The Kier molecular flexibility index (Phi) is 9.15. The van der Waals surface area contributed by atoms with Crippen LogP contribution in [0.5, 0.6) is 5.75 Å². The van der Waals surface area contributed by atoms with Crippen molar-refractivity contribution in [1.29, 1.82) is 0 Å². The molecule has 1 aliphatic heterocycles. The van der Waals surface area contributed by atoms with Crippen molar-refractivity contribution in [2.45, 2.75) is 6.42 Å². The Hall–Kier alpha value is -4.56. The highest BCUT2D eigenvalue weighted by molar-refractivity contribution is 5.92. The molecule has 3 aromatic rings. The van der Waals surface area contributed by atoms with Crippen LogP contribution in [0.3, 0.4) is 0 Å². The van der Waals surface area contributed by atoms with Gasteiger partial charge in [0, 0.05) is 42.1 Å². The van der Waals surface area contributed by atoms with Crippen LogP contribution in [-0.4, -0.2) is 45.5 Å². The molecule has 1 aliphatic rings. The van der Waals surface area contributed by atoms with Gasteiger partial charge in [0.1, 0.15) is 11.6 Å². The fraction of sp³-hybridized carbons (Fsp3) is 0.200. The molecule has 0 bridgehead atoms. The molecule has 0 aliphatic carbocycles. The highest BCUT2D eigenvalue weighted by Crippen LogP contribution is 2.20. The molecule has 1 heterocycles. The Balaban J connectivity index is 1.26. The fourth-order valence-corrected chi connectivity index (χ4v) is 4.00. The van der Waals surface area contributed by atoms with Crippen LogP contribution >= 0.6 is 0 Å². The monoisotopic (exact) mass is 511 g/mol. The van der Waals surface area contributed by atoms with Gasteiger partial charge in [-0.2, -0.15) is 0 Å². The minimum atomic E-state index is -0.108. The molecule has 4 N–H and O–H groups in total. The highest BCUT2D eigenvalue weighted by atomic mass is 16.5. The van der Waals surface area contributed by atoms with E-state index in [4.69, 9.17) is 15.2 Å². The van der Waals surface area contributed by atoms with Gasteiger partial charge in [0.2, 0.25) is 5.91 Å². The minimum Gasteiger partial charge on any atom is -0.497 e. The Labute approximate surface area is 223 Å². The number of carbonyl (C=O) groups is 1. The van der Waals surface area contributed by atoms with E-state index in [1.807, 2.05) is 60.7 Å². The molecular weight excluding hydrogens is 478 g/mol. The zero-order valence-corrected chi connectivity index (χ0v) is 21.5. The SMILES string of the molecule is C=C(/N=C\C=C(/N)c1ccc(NC(=O)Cc2cccc(OC)c2)cc1)Nc1ccc(N2CCOCC2)cc1. The first-order valence-corrected chi connectivity index (χ1v) is 12.4. The molecule has 1 amide bonds. The second-order valence-corrected chi connectivity index (χ2v) is 8.77. The zero-order chi connectivity index (χ0) is 26.7. The van der Waals surface area contributed by atoms with E-state index in [-0.39, 0.29) is 12.3 Å². The fourth-order valence-electron chi connectivity index (χ4n) is 4.00. The molecule has 8 heteroatoms. The molecule has 0 atom stereocenters. The van der Waals surface area contributed by atoms with Crippen LogP contribution in [0.2, 0.25) is 0 Å². The quantitative estimate of drug-likeness (QED) is 0.342. The molecule has 1 fully saturated rings. The molecule has 0 spiro atoms. The molecule has 1 saturated heterocycles. The summed E-state index contributed by atoms with van der Waals surface area (Å²) in [5.74, 6) is 1.12. The van der Waals surface area contributed by atoms with Crippen LogP contribution in [-0.2, 0) is 16.0 Å². The number of hydrogen-bond acceptors (Lipinski definition) is 7. The molecule has 4 rings (SSSR count). The van der Waals surface area contributed by atoms with E-state index in [9.17, 15) is 4.79 Å². The van der Waals surface area contributed by atoms with E-state index in [1.165, 1.54) is 5.69 Å². The van der Waals surface area contributed by atoms with E-state index in [0.29, 0.717) is 17.2 Å². The number of nitrogens with two attached hydrogens (primary N) is 1. The number of ether oxygens (including phenoxy) is 2. The van der Waals surface area contributed by atoms with Crippen molar-refractivity contribution >= 4 is 34.9 Å². The van der Waals surface area contributed by atoms with Gasteiger partial charge in [0.05, 0.1) is 26.7 Å². The third-order valence-corrected chi connectivity index (χ3v) is 6.02. The van der Waals surface area contributed by atoms with E-state index in [0.717, 1.165) is 48.9 Å². The van der Waals surface area contributed by atoms with Crippen molar-refractivity contribution < 1.29 is 14.3 Å². The number of hydrogen-bond donors (Lipinski definition) is 3. The second-order valence-electron chi connectivity index (χ2n) is 8.77. The Bertz CT molecular complexity index is 1290. The number of methoxy groups -OCH3 is 1. The summed E-state index contributed by atoms with van der Waals surface area (Å²) in [6.07, 6.45) is 3.58. The van der Waals surface area contributed by atoms with Gasteiger partial charge in [-0.3, -0.25) is 4.79 Å². The molecule has 8 nitrogen and oxygen atoms in total. The lowest BCUT2D eigenvalue weighted by Gasteiger charge is -2.28. The lowest BCUT2D eigenvalue weighted by Crippen LogP contribution is -2.36. The molecule has 0 aromatic heterocycles. The summed E-state index contributed by atoms with van der Waals surface area (Å²) < 4.78 is 10.6. The van der Waals surface area contributed by atoms with Crippen LogP contribution in [0.15, 0.2) is 96.3 Å². The number of carbonyl (C=O) groups excluding carboxylic acids is 1. The Morgan fingerprint density at radius 2 is 1.74 bits per heavy atom. The number of rotatable bonds is 10. The maximum absolute atomic E-state index is 12.4. The van der Waals surface area contributed by atoms with Gasteiger partial charge in [-0.15, -0.1) is 0 Å². The maximum atomic E-state index is 12.4. The van der Waals surface area contributed by atoms with E-state index in [2.05, 4.69) is 39.2 Å². The molecule has 0 unspecified atom stereocenters. The van der Waals surface area contributed by atoms with Crippen LogP contribution < -0.4 is 26.0 Å². The number of aliphatic imine (C=N–C) groups is 1. The first-order chi connectivity index (χ1) is 18.5. The van der Waals surface area contributed by atoms with Crippen molar-refractivity contribution in [2.24, 2.45) is 10.7 Å². The van der Waals surface area contributed by atoms with Gasteiger partial charge in [-0.05, 0) is 65.7 Å². The van der Waals surface area contributed by atoms with Gasteiger partial charge in [-0.1, -0.05) is 30.8 Å². The average Bonchev–Trinajstić information content (AvgIpc) is 2.94. The normalized spacial score (nSPS) is 13.8. The van der Waals surface area contributed by atoms with Crippen molar-refractivity contribution in [3.8, 4) is 5.75 Å². The van der Waals surface area contributed by atoms with E-state index < -0.39 is 0 Å². The Morgan fingerprint density at radius 3 is 2.45 bits per heavy atom. The standard InChI is InChI=1S/C30H33N5O3/c1-22(33-25-10-12-27(13-11-25)35-16-18-38-19-17-35)32-15-14-29(31)24-6-8-26(9-7-24)34-30(36)21-23-4-3-5-28(20-23)37-2/h3-15,20,33H,1,16-19,21,31H2,2H3,(H,34,36)/b29-14-,32-15-. The van der Waals surface area contributed by atoms with Gasteiger partial charge in [0.15, 0.2) is 0 Å².